The van der Waals surface area contributed by atoms with Crippen molar-refractivity contribution in [1.29, 1.82) is 0 Å². The van der Waals surface area contributed by atoms with Crippen LogP contribution in [0.15, 0.2) is 36.4 Å². The molecular weight excluding hydrogens is 284 g/mol. The van der Waals surface area contributed by atoms with Crippen molar-refractivity contribution in [2.45, 2.75) is 33.2 Å². The number of aromatic nitrogens is 1. The molecule has 0 aliphatic carbocycles. The summed E-state index contributed by atoms with van der Waals surface area (Å²) >= 11 is 0. The monoisotopic (exact) mass is 306 g/mol. The lowest BCUT2D eigenvalue weighted by molar-refractivity contribution is 0.578. The summed E-state index contributed by atoms with van der Waals surface area (Å²) < 4.78 is 26.6. The Morgan fingerprint density at radius 2 is 1.86 bits per heavy atom. The van der Waals surface area contributed by atoms with Crippen molar-refractivity contribution in [3.8, 4) is 0 Å². The first-order chi connectivity index (χ1) is 9.96. The molecule has 0 aliphatic rings. The van der Waals surface area contributed by atoms with Gasteiger partial charge in [0.1, 0.15) is 0 Å². The first kappa shape index (κ1) is 15.8. The van der Waals surface area contributed by atoms with E-state index >= 15 is 0 Å². The zero-order valence-corrected chi connectivity index (χ0v) is 13.3. The van der Waals surface area contributed by atoms with E-state index < -0.39 is 10.0 Å². The van der Waals surface area contributed by atoms with Crippen LogP contribution in [0, 0.1) is 13.8 Å². The highest BCUT2D eigenvalue weighted by atomic mass is 32.2. The van der Waals surface area contributed by atoms with E-state index in [1.165, 1.54) is 5.56 Å². The third kappa shape index (κ3) is 5.02. The maximum absolute atomic E-state index is 12.0. The zero-order valence-electron chi connectivity index (χ0n) is 12.5. The van der Waals surface area contributed by atoms with Gasteiger partial charge in [0.05, 0.1) is 5.75 Å². The predicted molar refractivity (Wildman–Crippen MR) is 85.7 cm³/mol. The quantitative estimate of drug-likeness (QED) is 0.826. The van der Waals surface area contributed by atoms with Crippen molar-refractivity contribution in [2.75, 3.05) is 5.75 Å². The Morgan fingerprint density at radius 1 is 1.14 bits per heavy atom. The fourth-order valence-corrected chi connectivity index (χ4v) is 3.38. The molecule has 1 aromatic heterocycles. The average molecular weight is 306 g/mol. The fourth-order valence-electron chi connectivity index (χ4n) is 2.34. The number of benzene rings is 1. The van der Waals surface area contributed by atoms with Gasteiger partial charge in [-0.25, -0.2) is 13.1 Å². The molecule has 0 radical (unpaired) electrons. The maximum Gasteiger partial charge on any atom is 0.211 e. The SMILES string of the molecule is Cc1cc(CNS(=O)(=O)CCCc2ccccc2)c(C)[nH]1. The summed E-state index contributed by atoms with van der Waals surface area (Å²) in [6, 6.07) is 11.9. The van der Waals surface area contributed by atoms with Crippen molar-refractivity contribution < 1.29 is 8.42 Å². The van der Waals surface area contributed by atoms with Crippen LogP contribution in [-0.2, 0) is 23.0 Å². The molecular formula is C16H22N2O2S. The van der Waals surface area contributed by atoms with Crippen LogP contribution in [0.5, 0.6) is 0 Å². The number of nitrogens with one attached hydrogen (secondary N) is 2. The van der Waals surface area contributed by atoms with E-state index in [0.29, 0.717) is 13.0 Å². The van der Waals surface area contributed by atoms with Crippen molar-refractivity contribution in [1.82, 2.24) is 9.71 Å². The minimum atomic E-state index is -3.22. The van der Waals surface area contributed by atoms with Gasteiger partial charge in [-0.05, 0) is 43.9 Å². The summed E-state index contributed by atoms with van der Waals surface area (Å²) in [7, 11) is -3.22. The van der Waals surface area contributed by atoms with Gasteiger partial charge in [-0.2, -0.15) is 0 Å². The van der Waals surface area contributed by atoms with E-state index in [9.17, 15) is 8.42 Å². The summed E-state index contributed by atoms with van der Waals surface area (Å²) in [5, 5.41) is 0. The van der Waals surface area contributed by atoms with Gasteiger partial charge in [0.25, 0.3) is 0 Å². The van der Waals surface area contributed by atoms with Crippen LogP contribution in [-0.4, -0.2) is 19.2 Å². The Balaban J connectivity index is 1.81. The second kappa shape index (κ2) is 6.91. The molecule has 0 saturated heterocycles. The largest absolute Gasteiger partial charge is 0.362 e. The molecule has 0 aliphatic heterocycles. The normalized spacial score (nSPS) is 11.7. The van der Waals surface area contributed by atoms with Gasteiger partial charge in [-0.3, -0.25) is 0 Å². The number of hydrogen-bond donors (Lipinski definition) is 2. The van der Waals surface area contributed by atoms with E-state index in [2.05, 4.69) is 9.71 Å². The van der Waals surface area contributed by atoms with Crippen LogP contribution < -0.4 is 4.72 Å². The maximum atomic E-state index is 12.0. The lowest BCUT2D eigenvalue weighted by atomic mass is 10.1. The van der Waals surface area contributed by atoms with Crippen LogP contribution >= 0.6 is 0 Å². The number of rotatable bonds is 7. The molecule has 0 spiro atoms. The summed E-state index contributed by atoms with van der Waals surface area (Å²) in [6.07, 6.45) is 1.41. The fraction of sp³-hybridized carbons (Fsp3) is 0.375. The lowest BCUT2D eigenvalue weighted by Crippen LogP contribution is -2.26. The summed E-state index contributed by atoms with van der Waals surface area (Å²) in [6.45, 7) is 4.26. The van der Waals surface area contributed by atoms with Gasteiger partial charge < -0.3 is 4.98 Å². The summed E-state index contributed by atoms with van der Waals surface area (Å²) in [5.74, 6) is 0.157. The molecule has 2 rings (SSSR count). The highest BCUT2D eigenvalue weighted by molar-refractivity contribution is 7.89. The molecule has 2 aromatic rings. The standard InChI is InChI=1S/C16H22N2O2S/c1-13-11-16(14(2)18-13)12-17-21(19,20)10-6-9-15-7-4-3-5-8-15/h3-5,7-8,11,17-18H,6,9-10,12H2,1-2H3. The van der Waals surface area contributed by atoms with Crippen LogP contribution in [0.25, 0.3) is 0 Å². The van der Waals surface area contributed by atoms with Crippen molar-refractivity contribution >= 4 is 10.0 Å². The molecule has 0 amide bonds. The van der Waals surface area contributed by atoms with E-state index in [1.807, 2.05) is 50.2 Å². The molecule has 0 bridgehead atoms. The minimum Gasteiger partial charge on any atom is -0.362 e. The van der Waals surface area contributed by atoms with Crippen molar-refractivity contribution in [2.24, 2.45) is 0 Å². The van der Waals surface area contributed by atoms with Crippen LogP contribution in [0.4, 0.5) is 0 Å². The second-order valence-corrected chi connectivity index (χ2v) is 7.26. The third-order valence-corrected chi connectivity index (χ3v) is 4.87. The number of H-pyrrole nitrogens is 1. The first-order valence-electron chi connectivity index (χ1n) is 7.12. The van der Waals surface area contributed by atoms with E-state index in [4.69, 9.17) is 0 Å². The third-order valence-electron chi connectivity index (χ3n) is 3.46. The predicted octanol–water partition coefficient (Wildman–Crippen LogP) is 2.68. The van der Waals surface area contributed by atoms with Gasteiger partial charge in [0.2, 0.25) is 10.0 Å². The molecule has 0 atom stereocenters. The molecule has 0 saturated carbocycles. The Kier molecular flexibility index (Phi) is 5.20. The lowest BCUT2D eigenvalue weighted by Gasteiger charge is -2.06. The average Bonchev–Trinajstić information content (AvgIpc) is 2.76. The zero-order chi connectivity index (χ0) is 15.3. The van der Waals surface area contributed by atoms with Gasteiger partial charge in [0.15, 0.2) is 0 Å². The smallest absolute Gasteiger partial charge is 0.211 e. The molecule has 2 N–H and O–H groups in total. The number of hydrogen-bond acceptors (Lipinski definition) is 2. The number of sulfonamides is 1. The molecule has 1 heterocycles. The molecule has 0 unspecified atom stereocenters. The number of aromatic amines is 1. The van der Waals surface area contributed by atoms with Gasteiger partial charge in [-0.15, -0.1) is 0 Å². The van der Waals surface area contributed by atoms with Gasteiger partial charge >= 0.3 is 0 Å². The van der Waals surface area contributed by atoms with Gasteiger partial charge in [-0.1, -0.05) is 30.3 Å². The van der Waals surface area contributed by atoms with Crippen LogP contribution in [0.2, 0.25) is 0 Å². The molecule has 1 aromatic carbocycles. The molecule has 21 heavy (non-hydrogen) atoms. The van der Waals surface area contributed by atoms with E-state index in [1.54, 1.807) is 0 Å². The Morgan fingerprint density at radius 3 is 2.48 bits per heavy atom. The Bertz CT molecular complexity index is 676. The Hall–Kier alpha value is -1.59. The second-order valence-electron chi connectivity index (χ2n) is 5.33. The number of aryl methyl sites for hydroxylation is 3. The van der Waals surface area contributed by atoms with Crippen molar-refractivity contribution in [3.63, 3.8) is 0 Å². The molecule has 114 valence electrons. The Labute approximate surface area is 126 Å². The van der Waals surface area contributed by atoms with Gasteiger partial charge in [0, 0.05) is 17.9 Å². The minimum absolute atomic E-state index is 0.157. The summed E-state index contributed by atoms with van der Waals surface area (Å²) in [4.78, 5) is 3.17. The first-order valence-corrected chi connectivity index (χ1v) is 8.78. The van der Waals surface area contributed by atoms with E-state index in [0.717, 1.165) is 23.4 Å². The molecule has 0 fully saturated rings. The topological polar surface area (TPSA) is 62.0 Å². The van der Waals surface area contributed by atoms with E-state index in [-0.39, 0.29) is 5.75 Å². The highest BCUT2D eigenvalue weighted by Gasteiger charge is 2.11. The summed E-state index contributed by atoms with van der Waals surface area (Å²) in [5.41, 5.74) is 4.23. The van der Waals surface area contributed by atoms with Crippen LogP contribution in [0.3, 0.4) is 0 Å². The van der Waals surface area contributed by atoms with Crippen molar-refractivity contribution in [3.05, 3.63) is 58.9 Å². The molecule has 5 heteroatoms. The van der Waals surface area contributed by atoms with Crippen LogP contribution in [0.1, 0.15) is 28.9 Å². The molecule has 4 nitrogen and oxygen atoms in total. The highest BCUT2D eigenvalue weighted by Crippen LogP contribution is 2.09.